The van der Waals surface area contributed by atoms with E-state index in [0.29, 0.717) is 12.8 Å². The molecule has 2 aromatic carbocycles. The zero-order valence-corrected chi connectivity index (χ0v) is 20.1. The summed E-state index contributed by atoms with van der Waals surface area (Å²) in [5.74, 6) is -1.33. The van der Waals surface area contributed by atoms with E-state index in [1.807, 2.05) is 0 Å². The normalized spacial score (nSPS) is 19.9. The van der Waals surface area contributed by atoms with Crippen molar-refractivity contribution in [2.45, 2.75) is 50.2 Å². The Kier molecular flexibility index (Phi) is 7.72. The molecule has 1 aliphatic rings. The highest BCUT2D eigenvalue weighted by molar-refractivity contribution is 8.66. The maximum atomic E-state index is 12.7. The van der Waals surface area contributed by atoms with Gasteiger partial charge in [-0.1, -0.05) is 35.9 Å². The van der Waals surface area contributed by atoms with E-state index in [1.165, 1.54) is 31.2 Å². The third-order valence-corrected chi connectivity index (χ3v) is 9.32. The monoisotopic (exact) mass is 508 g/mol. The topological polar surface area (TPSA) is 145 Å². The number of hydrazone groups is 1. The van der Waals surface area contributed by atoms with Crippen LogP contribution in [-0.4, -0.2) is 46.7 Å². The predicted molar refractivity (Wildman–Crippen MR) is 123 cm³/mol. The van der Waals surface area contributed by atoms with Gasteiger partial charge in [-0.25, -0.2) is 13.2 Å². The van der Waals surface area contributed by atoms with Crippen molar-refractivity contribution < 1.29 is 35.9 Å². The molecular formula is C22H24N2O8S2. The second-order valence-corrected chi connectivity index (χ2v) is 12.7. The van der Waals surface area contributed by atoms with Gasteiger partial charge in [0, 0.05) is 6.92 Å². The van der Waals surface area contributed by atoms with Crippen LogP contribution < -0.4 is 4.83 Å². The van der Waals surface area contributed by atoms with Crippen molar-refractivity contribution in [1.82, 2.24) is 4.83 Å². The molecule has 0 unspecified atom stereocenters. The second-order valence-electron chi connectivity index (χ2n) is 7.64. The molecule has 10 nitrogen and oxygen atoms in total. The summed E-state index contributed by atoms with van der Waals surface area (Å²) in [7, 11) is -9.87. The molecule has 2 aromatic rings. The lowest BCUT2D eigenvalue weighted by Gasteiger charge is -2.30. The van der Waals surface area contributed by atoms with E-state index in [2.05, 4.69) is 5.10 Å². The largest absolute Gasteiger partial charge is 0.456 e. The van der Waals surface area contributed by atoms with Crippen LogP contribution in [0, 0.1) is 6.92 Å². The summed E-state index contributed by atoms with van der Waals surface area (Å²) in [4.78, 5) is 25.4. The average Bonchev–Trinajstić information content (AvgIpc) is 2.79. The molecule has 3 rings (SSSR count). The molecule has 0 heterocycles. The van der Waals surface area contributed by atoms with Crippen molar-refractivity contribution in [2.24, 2.45) is 5.10 Å². The van der Waals surface area contributed by atoms with Gasteiger partial charge in [0.15, 0.2) is 0 Å². The minimum atomic E-state index is -5.03. The first-order chi connectivity index (χ1) is 16.0. The number of ether oxygens (including phenoxy) is 2. The highest BCUT2D eigenvalue weighted by Crippen LogP contribution is 2.24. The van der Waals surface area contributed by atoms with Crippen LogP contribution in [0.4, 0.5) is 0 Å². The SMILES string of the molecule is CC(=O)O[C@H]1CCC[C@H](OC(=O)c2ccccc2)/C1=N\NS(=O)(=O)S(=O)(=O)c1ccc(C)cc1. The Morgan fingerprint density at radius 3 is 2.09 bits per heavy atom. The minimum absolute atomic E-state index is 0.103. The molecule has 34 heavy (non-hydrogen) atoms. The van der Waals surface area contributed by atoms with Crippen molar-refractivity contribution in [1.29, 1.82) is 0 Å². The van der Waals surface area contributed by atoms with Crippen molar-refractivity contribution in [3.05, 3.63) is 65.7 Å². The highest BCUT2D eigenvalue weighted by atomic mass is 33.2. The van der Waals surface area contributed by atoms with Gasteiger partial charge in [0.05, 0.1) is 10.5 Å². The molecule has 0 radical (unpaired) electrons. The summed E-state index contributed by atoms with van der Waals surface area (Å²) in [6.07, 6.45) is -0.954. The molecule has 0 spiro atoms. The van der Waals surface area contributed by atoms with Crippen molar-refractivity contribution >= 4 is 35.6 Å². The first-order valence-corrected chi connectivity index (χ1v) is 13.8. The van der Waals surface area contributed by atoms with Crippen LogP contribution in [0.5, 0.6) is 0 Å². The molecule has 1 N–H and O–H groups in total. The molecule has 2 atom stereocenters. The lowest BCUT2D eigenvalue weighted by atomic mass is 9.92. The lowest BCUT2D eigenvalue weighted by molar-refractivity contribution is -0.144. The number of nitrogens with zero attached hydrogens (tertiary/aromatic N) is 1. The minimum Gasteiger partial charge on any atom is -0.456 e. The van der Waals surface area contributed by atoms with Crippen LogP contribution in [0.1, 0.15) is 42.1 Å². The van der Waals surface area contributed by atoms with Gasteiger partial charge in [-0.05, 0) is 50.5 Å². The Morgan fingerprint density at radius 1 is 0.912 bits per heavy atom. The molecule has 0 aliphatic heterocycles. The molecule has 1 aliphatic carbocycles. The Morgan fingerprint density at radius 2 is 1.50 bits per heavy atom. The Balaban J connectivity index is 1.91. The zero-order chi connectivity index (χ0) is 24.9. The zero-order valence-electron chi connectivity index (χ0n) is 18.5. The number of esters is 2. The summed E-state index contributed by atoms with van der Waals surface area (Å²) in [6.45, 7) is 2.90. The average molecular weight is 509 g/mol. The van der Waals surface area contributed by atoms with E-state index in [4.69, 9.17) is 9.47 Å². The maximum absolute atomic E-state index is 12.7. The molecule has 0 amide bonds. The third kappa shape index (κ3) is 5.81. The number of benzene rings is 2. The first-order valence-electron chi connectivity index (χ1n) is 10.4. The highest BCUT2D eigenvalue weighted by Gasteiger charge is 2.37. The molecular weight excluding hydrogens is 484 g/mol. The van der Waals surface area contributed by atoms with Gasteiger partial charge >= 0.3 is 29.9 Å². The Labute approximate surface area is 197 Å². The number of carbonyl (C=O) groups excluding carboxylic acids is 2. The van der Waals surface area contributed by atoms with Crippen molar-refractivity contribution in [2.75, 3.05) is 0 Å². The van der Waals surface area contributed by atoms with Crippen LogP contribution in [0.15, 0.2) is 64.6 Å². The van der Waals surface area contributed by atoms with Gasteiger partial charge in [0.2, 0.25) is 0 Å². The van der Waals surface area contributed by atoms with Crippen LogP contribution in [0.2, 0.25) is 0 Å². The molecule has 12 heteroatoms. The number of aryl methyl sites for hydroxylation is 1. The van der Waals surface area contributed by atoms with Gasteiger partial charge in [-0.2, -0.15) is 18.4 Å². The second kappa shape index (κ2) is 10.3. The summed E-state index contributed by atoms with van der Waals surface area (Å²) >= 11 is 0. The van der Waals surface area contributed by atoms with E-state index < -0.39 is 47.0 Å². The number of rotatable bonds is 7. The number of hydrogen-bond donors (Lipinski definition) is 1. The van der Waals surface area contributed by atoms with Gasteiger partial charge in [0.1, 0.15) is 17.9 Å². The van der Waals surface area contributed by atoms with Crippen LogP contribution in [-0.2, 0) is 32.2 Å². The van der Waals surface area contributed by atoms with Gasteiger partial charge in [0.25, 0.3) is 0 Å². The first kappa shape index (κ1) is 25.4. The molecule has 0 saturated heterocycles. The fraction of sp³-hybridized carbons (Fsp3) is 0.318. The van der Waals surface area contributed by atoms with Crippen LogP contribution >= 0.6 is 0 Å². The van der Waals surface area contributed by atoms with Crippen molar-refractivity contribution in [3.8, 4) is 0 Å². The van der Waals surface area contributed by atoms with Crippen LogP contribution in [0.3, 0.4) is 0 Å². The molecule has 1 saturated carbocycles. The van der Waals surface area contributed by atoms with Gasteiger partial charge in [-0.3, -0.25) is 4.79 Å². The summed E-state index contributed by atoms with van der Waals surface area (Å²) in [5, 5.41) is 3.77. The molecule has 1 fully saturated rings. The van der Waals surface area contributed by atoms with E-state index in [-0.39, 0.29) is 17.7 Å². The summed E-state index contributed by atoms with van der Waals surface area (Å²) in [5.41, 5.74) is 0.909. The fourth-order valence-corrected chi connectivity index (χ4v) is 5.87. The molecule has 0 bridgehead atoms. The number of hydrogen-bond acceptors (Lipinski definition) is 9. The summed E-state index contributed by atoms with van der Waals surface area (Å²) in [6, 6.07) is 13.4. The smallest absolute Gasteiger partial charge is 0.358 e. The maximum Gasteiger partial charge on any atom is 0.358 e. The van der Waals surface area contributed by atoms with E-state index >= 15 is 0 Å². The predicted octanol–water partition coefficient (Wildman–Crippen LogP) is 2.30. The van der Waals surface area contributed by atoms with Crippen LogP contribution in [0.25, 0.3) is 0 Å². The number of carbonyl (C=O) groups is 2. The van der Waals surface area contributed by atoms with E-state index in [0.717, 1.165) is 5.56 Å². The van der Waals surface area contributed by atoms with E-state index in [9.17, 15) is 26.4 Å². The fourth-order valence-electron chi connectivity index (χ4n) is 3.34. The van der Waals surface area contributed by atoms with Gasteiger partial charge < -0.3 is 9.47 Å². The summed E-state index contributed by atoms with van der Waals surface area (Å²) < 4.78 is 61.3. The third-order valence-electron chi connectivity index (χ3n) is 5.04. The van der Waals surface area contributed by atoms with Gasteiger partial charge in [-0.15, -0.1) is 0 Å². The lowest BCUT2D eigenvalue weighted by Crippen LogP contribution is -2.43. The molecule has 0 aromatic heterocycles. The van der Waals surface area contributed by atoms with E-state index in [1.54, 1.807) is 42.1 Å². The molecule has 182 valence electrons. The Hall–Kier alpha value is -3.25. The Bertz CT molecular complexity index is 1290. The number of nitrogens with one attached hydrogen (secondary N) is 1. The quantitative estimate of drug-likeness (QED) is 0.341. The standard InChI is InChI=1S/C22H24N2O8S2/c1-15-11-13-18(14-12-15)33(27,28)34(29,30)24-23-21-19(31-16(2)25)9-6-10-20(21)32-22(26)17-7-4-3-5-8-17/h3-5,7-8,11-14,19-20,24H,6,9-10H2,1-2H3/b23-21-/t19-,20-/m0/s1. The van der Waals surface area contributed by atoms with Crippen molar-refractivity contribution in [3.63, 3.8) is 0 Å².